The van der Waals surface area contributed by atoms with E-state index in [1.54, 1.807) is 12.0 Å². The molecule has 1 rings (SSSR count). The molecule has 152 valence electrons. The van der Waals surface area contributed by atoms with Gasteiger partial charge in [0, 0.05) is 13.5 Å². The van der Waals surface area contributed by atoms with Gasteiger partial charge in [0.05, 0.1) is 24.9 Å². The van der Waals surface area contributed by atoms with Crippen molar-refractivity contribution in [2.24, 2.45) is 0 Å². The van der Waals surface area contributed by atoms with Crippen molar-refractivity contribution in [2.75, 3.05) is 31.1 Å². The van der Waals surface area contributed by atoms with Gasteiger partial charge in [-0.3, -0.25) is 9.59 Å². The lowest BCUT2D eigenvalue weighted by Crippen LogP contribution is -2.43. The van der Waals surface area contributed by atoms with E-state index in [0.29, 0.717) is 26.1 Å². The fraction of sp³-hybridized carbons (Fsp3) is 0.600. The molecule has 0 heterocycles. The van der Waals surface area contributed by atoms with E-state index in [1.807, 2.05) is 32.9 Å². The Kier molecular flexibility index (Phi) is 10.2. The molecule has 1 aromatic rings. The maximum absolute atomic E-state index is 12.5. The summed E-state index contributed by atoms with van der Waals surface area (Å²) in [5, 5.41) is 8.67. The summed E-state index contributed by atoms with van der Waals surface area (Å²) >= 11 is 5.84. The lowest BCUT2D eigenvalue weighted by Gasteiger charge is -2.32. The molecule has 1 aromatic carbocycles. The topological polar surface area (TPSA) is 76.1 Å². The predicted octanol–water partition coefficient (Wildman–Crippen LogP) is 3.80. The maximum Gasteiger partial charge on any atom is 0.303 e. The number of unbranched alkanes of at least 4 members (excludes halogenated alkanes) is 1. The molecule has 0 saturated carbocycles. The number of carbonyl (C=O) groups is 2. The number of hydrogen-bond donors (Lipinski definition) is 1. The van der Waals surface area contributed by atoms with Crippen molar-refractivity contribution in [2.45, 2.75) is 52.5 Å². The van der Waals surface area contributed by atoms with E-state index in [4.69, 9.17) is 26.2 Å². The second kappa shape index (κ2) is 11.8. The Morgan fingerprint density at radius 1 is 1.30 bits per heavy atom. The van der Waals surface area contributed by atoms with Crippen LogP contribution in [0, 0.1) is 6.92 Å². The average molecular weight is 400 g/mol. The summed E-state index contributed by atoms with van der Waals surface area (Å²) in [6.45, 7) is 6.77. The van der Waals surface area contributed by atoms with Gasteiger partial charge in [0.2, 0.25) is 5.91 Å². The first-order valence-electron chi connectivity index (χ1n) is 9.20. The van der Waals surface area contributed by atoms with Crippen molar-refractivity contribution in [3.05, 3.63) is 23.3 Å². The van der Waals surface area contributed by atoms with Crippen molar-refractivity contribution in [3.63, 3.8) is 0 Å². The van der Waals surface area contributed by atoms with E-state index in [9.17, 15) is 9.59 Å². The number of carboxylic acids is 1. The zero-order valence-electron chi connectivity index (χ0n) is 16.6. The molecule has 0 saturated heterocycles. The second-order valence-corrected chi connectivity index (χ2v) is 6.77. The number of aliphatic carboxylic acids is 1. The zero-order valence-corrected chi connectivity index (χ0v) is 17.3. The number of nitrogens with zero attached hydrogens (tertiary/aromatic N) is 1. The van der Waals surface area contributed by atoms with Gasteiger partial charge in [-0.05, 0) is 56.4 Å². The molecule has 0 aliphatic rings. The van der Waals surface area contributed by atoms with E-state index < -0.39 is 5.97 Å². The summed E-state index contributed by atoms with van der Waals surface area (Å²) < 4.78 is 11.0. The first kappa shape index (κ1) is 23.2. The molecule has 0 fully saturated rings. The monoisotopic (exact) mass is 399 g/mol. The molecule has 7 heteroatoms. The van der Waals surface area contributed by atoms with Gasteiger partial charge < -0.3 is 19.5 Å². The van der Waals surface area contributed by atoms with Gasteiger partial charge >= 0.3 is 5.97 Å². The smallest absolute Gasteiger partial charge is 0.303 e. The Morgan fingerprint density at radius 3 is 2.56 bits per heavy atom. The highest BCUT2D eigenvalue weighted by Gasteiger charge is 2.25. The first-order valence-corrected chi connectivity index (χ1v) is 9.74. The number of halogens is 1. The van der Waals surface area contributed by atoms with E-state index in [0.717, 1.165) is 29.0 Å². The molecule has 6 nitrogen and oxygen atoms in total. The summed E-state index contributed by atoms with van der Waals surface area (Å²) in [7, 11) is 1.61. The number of ether oxygens (including phenoxy) is 2. The van der Waals surface area contributed by atoms with Crippen molar-refractivity contribution in [1.82, 2.24) is 0 Å². The quantitative estimate of drug-likeness (QED) is 0.427. The predicted molar refractivity (Wildman–Crippen MR) is 107 cm³/mol. The third-order valence-corrected chi connectivity index (χ3v) is 4.49. The molecule has 0 bridgehead atoms. The molecule has 1 atom stereocenters. The van der Waals surface area contributed by atoms with Gasteiger partial charge in [-0.2, -0.15) is 0 Å². The molecule has 0 aromatic heterocycles. The fourth-order valence-electron chi connectivity index (χ4n) is 3.05. The number of anilines is 1. The van der Waals surface area contributed by atoms with Crippen LogP contribution in [0.15, 0.2) is 12.1 Å². The van der Waals surface area contributed by atoms with Crippen LogP contribution in [0.3, 0.4) is 0 Å². The second-order valence-electron chi connectivity index (χ2n) is 6.50. The molecule has 0 aliphatic carbocycles. The summed E-state index contributed by atoms with van der Waals surface area (Å²) in [6.07, 6.45) is 2.14. The standard InChI is InChI=1S/C20H30ClNO5/c1-5-16-11-17(27-9-7-6-8-19(24)25)10-14(2)20(16)22(18(23)12-21)15(3)13-26-4/h10-11,15H,5-9,12-13H2,1-4H3,(H,24,25). The summed E-state index contributed by atoms with van der Waals surface area (Å²) in [5.74, 6) is -0.335. The number of alkyl halides is 1. The van der Waals surface area contributed by atoms with Crippen molar-refractivity contribution >= 4 is 29.2 Å². The van der Waals surface area contributed by atoms with E-state index >= 15 is 0 Å². The van der Waals surface area contributed by atoms with Crippen LogP contribution in [0.1, 0.15) is 44.2 Å². The van der Waals surface area contributed by atoms with Crippen LogP contribution in [-0.2, 0) is 20.7 Å². The van der Waals surface area contributed by atoms with Gasteiger partial charge in [-0.1, -0.05) is 6.92 Å². The van der Waals surface area contributed by atoms with Crippen molar-refractivity contribution in [1.29, 1.82) is 0 Å². The highest BCUT2D eigenvalue weighted by atomic mass is 35.5. The molecule has 0 radical (unpaired) electrons. The first-order chi connectivity index (χ1) is 12.8. The van der Waals surface area contributed by atoms with Gasteiger partial charge in [-0.15, -0.1) is 11.6 Å². The van der Waals surface area contributed by atoms with Crippen LogP contribution < -0.4 is 9.64 Å². The minimum atomic E-state index is -0.794. The number of hydrogen-bond acceptors (Lipinski definition) is 4. The normalized spacial score (nSPS) is 11.9. The highest BCUT2D eigenvalue weighted by molar-refractivity contribution is 6.29. The van der Waals surface area contributed by atoms with Gasteiger partial charge in [0.1, 0.15) is 11.6 Å². The Morgan fingerprint density at radius 2 is 2.00 bits per heavy atom. The van der Waals surface area contributed by atoms with E-state index in [2.05, 4.69) is 0 Å². The number of rotatable bonds is 12. The summed E-state index contributed by atoms with van der Waals surface area (Å²) in [6, 6.07) is 3.70. The number of benzene rings is 1. The average Bonchev–Trinajstić information content (AvgIpc) is 2.62. The third kappa shape index (κ3) is 7.03. The van der Waals surface area contributed by atoms with E-state index in [-0.39, 0.29) is 24.2 Å². The summed E-state index contributed by atoms with van der Waals surface area (Å²) in [5.41, 5.74) is 2.78. The van der Waals surface area contributed by atoms with Crippen molar-refractivity contribution < 1.29 is 24.2 Å². The fourth-order valence-corrected chi connectivity index (χ4v) is 3.18. The lowest BCUT2D eigenvalue weighted by molar-refractivity contribution is -0.137. The SMILES string of the molecule is CCc1cc(OCCCCC(=O)O)cc(C)c1N(C(=O)CCl)C(C)COC. The van der Waals surface area contributed by atoms with Crippen LogP contribution in [0.2, 0.25) is 0 Å². The molecule has 0 aliphatic heterocycles. The molecular formula is C20H30ClNO5. The Bertz CT molecular complexity index is 635. The third-order valence-electron chi connectivity index (χ3n) is 4.26. The van der Waals surface area contributed by atoms with Crippen molar-refractivity contribution in [3.8, 4) is 5.75 Å². The Hall–Kier alpha value is -1.79. The molecule has 1 amide bonds. The Labute approximate surface area is 166 Å². The van der Waals surface area contributed by atoms with Gasteiger partial charge in [-0.25, -0.2) is 0 Å². The van der Waals surface area contributed by atoms with Gasteiger partial charge in [0.15, 0.2) is 0 Å². The molecule has 1 N–H and O–H groups in total. The van der Waals surface area contributed by atoms with Gasteiger partial charge in [0.25, 0.3) is 0 Å². The highest BCUT2D eigenvalue weighted by Crippen LogP contribution is 2.32. The number of methoxy groups -OCH3 is 1. The molecular weight excluding hydrogens is 370 g/mol. The minimum absolute atomic E-state index is 0.0987. The molecule has 0 spiro atoms. The summed E-state index contributed by atoms with van der Waals surface area (Å²) in [4.78, 5) is 24.8. The molecule has 1 unspecified atom stereocenters. The van der Waals surface area contributed by atoms with Crippen LogP contribution in [0.25, 0.3) is 0 Å². The van der Waals surface area contributed by atoms with Crippen LogP contribution in [-0.4, -0.2) is 49.2 Å². The molecule has 27 heavy (non-hydrogen) atoms. The number of carboxylic acid groups (broad SMARTS) is 1. The van der Waals surface area contributed by atoms with E-state index in [1.165, 1.54) is 0 Å². The number of amides is 1. The Balaban J connectivity index is 3.03. The van der Waals surface area contributed by atoms with Crippen LogP contribution in [0.4, 0.5) is 5.69 Å². The van der Waals surface area contributed by atoms with Crippen LogP contribution in [0.5, 0.6) is 5.75 Å². The lowest BCUT2D eigenvalue weighted by atomic mass is 10.0. The van der Waals surface area contributed by atoms with Crippen LogP contribution >= 0.6 is 11.6 Å². The number of carbonyl (C=O) groups excluding carboxylic acids is 1. The zero-order chi connectivity index (χ0) is 20.4. The maximum atomic E-state index is 12.5. The minimum Gasteiger partial charge on any atom is -0.494 e. The number of aryl methyl sites for hydroxylation is 2. The largest absolute Gasteiger partial charge is 0.494 e.